The summed E-state index contributed by atoms with van der Waals surface area (Å²) in [7, 11) is 0. The van der Waals surface area contributed by atoms with Crippen LogP contribution < -0.4 is 0 Å². The molecule has 0 saturated carbocycles. The maximum absolute atomic E-state index is 13.5. The van der Waals surface area contributed by atoms with E-state index in [1.54, 1.807) is 23.2 Å². The van der Waals surface area contributed by atoms with Gasteiger partial charge in [-0.3, -0.25) is 9.59 Å². The average Bonchev–Trinajstić information content (AvgIpc) is 3.30. The number of halogens is 3. The molecule has 37 heavy (non-hydrogen) atoms. The van der Waals surface area contributed by atoms with Crippen LogP contribution in [0, 0.1) is 0 Å². The predicted octanol–water partition coefficient (Wildman–Crippen LogP) is 5.90. The van der Waals surface area contributed by atoms with Crippen LogP contribution in [0.25, 0.3) is 0 Å². The lowest BCUT2D eigenvalue weighted by molar-refractivity contribution is -0.140. The molecule has 1 heterocycles. The van der Waals surface area contributed by atoms with Gasteiger partial charge in [0.15, 0.2) is 0 Å². The van der Waals surface area contributed by atoms with E-state index in [4.69, 9.17) is 0 Å². The van der Waals surface area contributed by atoms with Crippen LogP contribution in [0.1, 0.15) is 42.1 Å². The Morgan fingerprint density at radius 3 is 2.32 bits per heavy atom. The average molecular weight is 512 g/mol. The molecule has 5 nitrogen and oxygen atoms in total. The van der Waals surface area contributed by atoms with E-state index in [9.17, 15) is 22.8 Å². The third-order valence-electron chi connectivity index (χ3n) is 5.94. The molecule has 3 aromatic rings. The Labute approximate surface area is 215 Å². The zero-order chi connectivity index (χ0) is 26.8. The Balaban J connectivity index is 1.83. The quantitative estimate of drug-likeness (QED) is 0.284. The Bertz CT molecular complexity index is 1190. The Kier molecular flexibility index (Phi) is 9.71. The summed E-state index contributed by atoms with van der Waals surface area (Å²) in [5.74, 6) is -0.328. The highest BCUT2D eigenvalue weighted by molar-refractivity contribution is 5.85. The van der Waals surface area contributed by atoms with E-state index in [2.05, 4.69) is 6.58 Å². The van der Waals surface area contributed by atoms with Crippen LogP contribution in [0.3, 0.4) is 0 Å². The summed E-state index contributed by atoms with van der Waals surface area (Å²) in [4.78, 5) is 29.2. The maximum Gasteiger partial charge on any atom is 0.416 e. The van der Waals surface area contributed by atoms with E-state index in [1.807, 2.05) is 54.0 Å². The number of carbonyl (C=O) groups excluding carboxylic acids is 2. The summed E-state index contributed by atoms with van der Waals surface area (Å²) in [5, 5.41) is 0. The molecule has 0 aliphatic heterocycles. The van der Waals surface area contributed by atoms with Crippen LogP contribution in [0.2, 0.25) is 0 Å². The summed E-state index contributed by atoms with van der Waals surface area (Å²) < 4.78 is 41.4. The monoisotopic (exact) mass is 511 g/mol. The molecule has 0 radical (unpaired) electrons. The molecule has 0 spiro atoms. The van der Waals surface area contributed by atoms with Crippen molar-refractivity contribution >= 4 is 11.8 Å². The molecule has 0 unspecified atom stereocenters. The lowest BCUT2D eigenvalue weighted by Crippen LogP contribution is -2.42. The highest BCUT2D eigenvalue weighted by atomic mass is 19.4. The van der Waals surface area contributed by atoms with Crippen LogP contribution in [-0.2, 0) is 35.4 Å². The number of benzene rings is 2. The van der Waals surface area contributed by atoms with Gasteiger partial charge in [-0.15, -0.1) is 6.58 Å². The fourth-order valence-corrected chi connectivity index (χ4v) is 4.07. The van der Waals surface area contributed by atoms with E-state index in [1.165, 1.54) is 11.0 Å². The minimum atomic E-state index is -4.42. The van der Waals surface area contributed by atoms with Crippen LogP contribution in [0.5, 0.6) is 0 Å². The standard InChI is InChI=1S/C29H32F3N3O2/c1-3-10-27(36)34(16-4-2)22-28(37)35(19-23-11-6-5-7-12-23)21-26-15-9-17-33(26)20-24-13-8-14-25(18-24)29(30,31)32/h4-9,11-15,17-18H,2-3,10,16,19-22H2,1H3. The first kappa shape index (κ1) is 27.8. The van der Waals surface area contributed by atoms with Crippen molar-refractivity contribution in [2.75, 3.05) is 13.1 Å². The summed E-state index contributed by atoms with van der Waals surface area (Å²) in [6.07, 6.45) is -0.00377. The van der Waals surface area contributed by atoms with Gasteiger partial charge in [0.2, 0.25) is 11.8 Å². The minimum Gasteiger partial charge on any atom is -0.345 e. The highest BCUT2D eigenvalue weighted by Crippen LogP contribution is 2.29. The SMILES string of the molecule is C=CCN(CC(=O)N(Cc1ccccc1)Cc1cccn1Cc1cccc(C(F)(F)F)c1)C(=O)CCC. The zero-order valence-electron chi connectivity index (χ0n) is 21.0. The second kappa shape index (κ2) is 12.9. The molecule has 0 aliphatic rings. The lowest BCUT2D eigenvalue weighted by atomic mass is 10.1. The van der Waals surface area contributed by atoms with Gasteiger partial charge in [0.05, 0.1) is 12.1 Å². The van der Waals surface area contributed by atoms with Crippen molar-refractivity contribution in [2.24, 2.45) is 0 Å². The summed E-state index contributed by atoms with van der Waals surface area (Å²) >= 11 is 0. The van der Waals surface area contributed by atoms with Crippen molar-refractivity contribution in [3.05, 3.63) is 108 Å². The van der Waals surface area contributed by atoms with Gasteiger partial charge in [-0.2, -0.15) is 13.2 Å². The summed E-state index contributed by atoms with van der Waals surface area (Å²) in [5.41, 5.74) is 1.52. The van der Waals surface area contributed by atoms with Gasteiger partial charge >= 0.3 is 6.18 Å². The molecule has 0 saturated heterocycles. The van der Waals surface area contributed by atoms with Crippen molar-refractivity contribution in [2.45, 2.75) is 45.6 Å². The molecule has 0 fully saturated rings. The van der Waals surface area contributed by atoms with E-state index in [0.717, 1.165) is 23.4 Å². The third-order valence-corrected chi connectivity index (χ3v) is 5.94. The molecule has 1 aromatic heterocycles. The number of rotatable bonds is 12. The first-order valence-electron chi connectivity index (χ1n) is 12.2. The number of hydrogen-bond acceptors (Lipinski definition) is 2. The molecule has 2 amide bonds. The number of aromatic nitrogens is 1. The second-order valence-electron chi connectivity index (χ2n) is 8.87. The molecule has 0 atom stereocenters. The lowest BCUT2D eigenvalue weighted by Gasteiger charge is -2.28. The highest BCUT2D eigenvalue weighted by Gasteiger charge is 2.30. The maximum atomic E-state index is 13.5. The van der Waals surface area contributed by atoms with E-state index < -0.39 is 11.7 Å². The topological polar surface area (TPSA) is 45.6 Å². The fraction of sp³-hybridized carbons (Fsp3) is 0.310. The minimum absolute atomic E-state index is 0.0774. The second-order valence-corrected chi connectivity index (χ2v) is 8.87. The Hall–Kier alpha value is -3.81. The Morgan fingerprint density at radius 2 is 1.65 bits per heavy atom. The molecule has 3 rings (SSSR count). The van der Waals surface area contributed by atoms with E-state index >= 15 is 0 Å². The first-order chi connectivity index (χ1) is 17.7. The van der Waals surface area contributed by atoms with Crippen molar-refractivity contribution in [3.63, 3.8) is 0 Å². The number of carbonyl (C=O) groups is 2. The van der Waals surface area contributed by atoms with Crippen LogP contribution in [0.15, 0.2) is 85.6 Å². The largest absolute Gasteiger partial charge is 0.416 e. The van der Waals surface area contributed by atoms with Gasteiger partial charge in [-0.25, -0.2) is 0 Å². The Morgan fingerprint density at radius 1 is 0.919 bits per heavy atom. The predicted molar refractivity (Wildman–Crippen MR) is 137 cm³/mol. The fourth-order valence-electron chi connectivity index (χ4n) is 4.07. The van der Waals surface area contributed by atoms with E-state index in [-0.39, 0.29) is 38.0 Å². The van der Waals surface area contributed by atoms with Crippen molar-refractivity contribution in [3.8, 4) is 0 Å². The van der Waals surface area contributed by atoms with Crippen molar-refractivity contribution in [1.29, 1.82) is 0 Å². The zero-order valence-corrected chi connectivity index (χ0v) is 21.0. The molecule has 2 aromatic carbocycles. The first-order valence-corrected chi connectivity index (χ1v) is 12.2. The van der Waals surface area contributed by atoms with Gasteiger partial charge in [0, 0.05) is 37.9 Å². The number of amides is 2. The summed E-state index contributed by atoms with van der Waals surface area (Å²) in [6.45, 7) is 6.61. The number of alkyl halides is 3. The molecule has 8 heteroatoms. The van der Waals surface area contributed by atoms with E-state index in [0.29, 0.717) is 24.9 Å². The number of hydrogen-bond donors (Lipinski definition) is 0. The van der Waals surface area contributed by atoms with Crippen LogP contribution in [-0.4, -0.2) is 39.3 Å². The molecule has 0 bridgehead atoms. The van der Waals surface area contributed by atoms with Crippen molar-refractivity contribution < 1.29 is 22.8 Å². The van der Waals surface area contributed by atoms with Crippen molar-refractivity contribution in [1.82, 2.24) is 14.4 Å². The van der Waals surface area contributed by atoms with Crippen LogP contribution >= 0.6 is 0 Å². The van der Waals surface area contributed by atoms with Gasteiger partial charge < -0.3 is 14.4 Å². The van der Waals surface area contributed by atoms with Gasteiger partial charge in [-0.1, -0.05) is 55.5 Å². The smallest absolute Gasteiger partial charge is 0.345 e. The molecule has 0 N–H and O–H groups in total. The number of nitrogens with zero attached hydrogens (tertiary/aromatic N) is 3. The van der Waals surface area contributed by atoms with Gasteiger partial charge in [0.25, 0.3) is 0 Å². The van der Waals surface area contributed by atoms with Gasteiger partial charge in [-0.05, 0) is 41.8 Å². The van der Waals surface area contributed by atoms with Gasteiger partial charge in [0.1, 0.15) is 6.54 Å². The molecule has 196 valence electrons. The summed E-state index contributed by atoms with van der Waals surface area (Å²) in [6, 6.07) is 18.4. The third kappa shape index (κ3) is 8.10. The molecular formula is C29H32F3N3O2. The normalized spacial score (nSPS) is 11.2. The molecular weight excluding hydrogens is 479 g/mol. The van der Waals surface area contributed by atoms with Crippen LogP contribution in [0.4, 0.5) is 13.2 Å². The molecule has 0 aliphatic carbocycles.